The van der Waals surface area contributed by atoms with E-state index in [0.717, 1.165) is 36.8 Å². The summed E-state index contributed by atoms with van der Waals surface area (Å²) in [6.07, 6.45) is 4.81. The number of hydrogen-bond donors (Lipinski definition) is 3. The minimum atomic E-state index is -0.650. The van der Waals surface area contributed by atoms with Crippen molar-refractivity contribution in [3.63, 3.8) is 0 Å². The van der Waals surface area contributed by atoms with E-state index in [1.807, 2.05) is 69.3 Å². The van der Waals surface area contributed by atoms with Crippen molar-refractivity contribution in [3.05, 3.63) is 95.1 Å². The van der Waals surface area contributed by atoms with Crippen LogP contribution in [0.3, 0.4) is 0 Å². The molecule has 3 aromatic carbocycles. The molecular formula is C37H51N3O5. The monoisotopic (exact) mass is 617 g/mol. The van der Waals surface area contributed by atoms with Crippen LogP contribution in [0.2, 0.25) is 0 Å². The number of carbonyl (C=O) groups excluding carboxylic acids is 3. The number of nitrogens with one attached hydrogen (secondary N) is 1. The Labute approximate surface area is 269 Å². The van der Waals surface area contributed by atoms with Crippen molar-refractivity contribution in [3.8, 4) is 11.5 Å². The largest absolute Gasteiger partial charge is 0.508 e. The van der Waals surface area contributed by atoms with Crippen molar-refractivity contribution in [1.82, 2.24) is 15.1 Å². The molecule has 1 heterocycles. The molecule has 1 atom stereocenters. The van der Waals surface area contributed by atoms with Crippen LogP contribution in [0.15, 0.2) is 72.8 Å². The minimum absolute atomic E-state index is 0.0120. The second kappa shape index (κ2) is 19.8. The number of amides is 3. The molecule has 3 aromatic rings. The molecule has 1 unspecified atom stereocenters. The molecule has 45 heavy (non-hydrogen) atoms. The maximum atomic E-state index is 13.1. The van der Waals surface area contributed by atoms with Gasteiger partial charge in [-0.2, -0.15) is 0 Å². The van der Waals surface area contributed by atoms with Crippen LogP contribution in [0.4, 0.5) is 0 Å². The summed E-state index contributed by atoms with van der Waals surface area (Å²) in [7, 11) is 0. The molecule has 8 heteroatoms. The average molecular weight is 618 g/mol. The van der Waals surface area contributed by atoms with Crippen LogP contribution >= 0.6 is 0 Å². The molecule has 0 aliphatic carbocycles. The molecule has 1 saturated heterocycles. The highest BCUT2D eigenvalue weighted by Crippen LogP contribution is 2.19. The Kier molecular flexibility index (Phi) is 16.3. The summed E-state index contributed by atoms with van der Waals surface area (Å²) in [6, 6.07) is 21.3. The highest BCUT2D eigenvalue weighted by Gasteiger charge is 2.37. The molecule has 0 radical (unpaired) electrons. The number of phenols is 2. The van der Waals surface area contributed by atoms with Gasteiger partial charge >= 0.3 is 0 Å². The quantitative estimate of drug-likeness (QED) is 0.211. The van der Waals surface area contributed by atoms with Gasteiger partial charge in [0.15, 0.2) is 0 Å². The summed E-state index contributed by atoms with van der Waals surface area (Å²) in [5, 5.41) is 21.1. The molecule has 1 aliphatic heterocycles. The molecule has 0 bridgehead atoms. The van der Waals surface area contributed by atoms with Crippen LogP contribution < -0.4 is 5.32 Å². The Balaban J connectivity index is 0.000000604. The third kappa shape index (κ3) is 12.3. The summed E-state index contributed by atoms with van der Waals surface area (Å²) in [5.74, 6) is -0.00246. The first-order valence-electron chi connectivity index (χ1n) is 16.2. The van der Waals surface area contributed by atoms with Crippen molar-refractivity contribution in [2.75, 3.05) is 19.6 Å². The zero-order chi connectivity index (χ0) is 33.2. The Morgan fingerprint density at radius 2 is 1.42 bits per heavy atom. The fraction of sp³-hybridized carbons (Fsp3) is 0.432. The minimum Gasteiger partial charge on any atom is -0.508 e. The van der Waals surface area contributed by atoms with Crippen molar-refractivity contribution in [1.29, 1.82) is 0 Å². The zero-order valence-corrected chi connectivity index (χ0v) is 27.6. The average Bonchev–Trinajstić information content (AvgIpc) is 3.05. The number of aryl methyl sites for hydroxylation is 2. The van der Waals surface area contributed by atoms with Crippen LogP contribution in [0, 0.1) is 6.92 Å². The molecular weight excluding hydrogens is 566 g/mol. The highest BCUT2D eigenvalue weighted by molar-refractivity contribution is 5.96. The van der Waals surface area contributed by atoms with Crippen molar-refractivity contribution >= 4 is 17.7 Å². The summed E-state index contributed by atoms with van der Waals surface area (Å²) < 4.78 is 0. The molecule has 8 nitrogen and oxygen atoms in total. The van der Waals surface area contributed by atoms with Crippen molar-refractivity contribution in [2.24, 2.45) is 0 Å². The van der Waals surface area contributed by atoms with Gasteiger partial charge in [0.25, 0.3) is 0 Å². The van der Waals surface area contributed by atoms with Gasteiger partial charge in [-0.05, 0) is 67.1 Å². The Morgan fingerprint density at radius 1 is 0.822 bits per heavy atom. The number of unbranched alkanes of at least 4 members (excludes halogenated alkanes) is 2. The van der Waals surface area contributed by atoms with Crippen LogP contribution in [-0.2, 0) is 33.8 Å². The third-order valence-corrected chi connectivity index (χ3v) is 7.61. The lowest BCUT2D eigenvalue weighted by Gasteiger charge is -2.38. The lowest BCUT2D eigenvalue weighted by Crippen LogP contribution is -2.59. The number of phenolic OH excluding ortho intramolecular Hbond substituents is 2. The van der Waals surface area contributed by atoms with E-state index in [4.69, 9.17) is 5.11 Å². The van der Waals surface area contributed by atoms with Crippen LogP contribution in [-0.4, -0.2) is 63.4 Å². The van der Waals surface area contributed by atoms with Gasteiger partial charge in [0, 0.05) is 13.1 Å². The van der Waals surface area contributed by atoms with E-state index < -0.39 is 6.04 Å². The van der Waals surface area contributed by atoms with Gasteiger partial charge in [0.2, 0.25) is 17.7 Å². The van der Waals surface area contributed by atoms with E-state index >= 15 is 0 Å². The summed E-state index contributed by atoms with van der Waals surface area (Å²) in [6.45, 7) is 10.9. The van der Waals surface area contributed by atoms with E-state index in [2.05, 4.69) is 19.2 Å². The molecule has 1 fully saturated rings. The number of carbonyl (C=O) groups is 3. The predicted molar refractivity (Wildman–Crippen MR) is 180 cm³/mol. The van der Waals surface area contributed by atoms with E-state index in [1.54, 1.807) is 29.2 Å². The maximum Gasteiger partial charge on any atom is 0.243 e. The van der Waals surface area contributed by atoms with Gasteiger partial charge in [0.1, 0.15) is 30.6 Å². The summed E-state index contributed by atoms with van der Waals surface area (Å²) >= 11 is 0. The first kappa shape index (κ1) is 36.9. The molecule has 244 valence electrons. The molecule has 1 aliphatic rings. The maximum absolute atomic E-state index is 13.1. The number of nitrogens with zero attached hydrogens (tertiary/aromatic N) is 2. The first-order valence-corrected chi connectivity index (χ1v) is 16.2. The SMILES string of the molecule is CC.CCCCCC(C(=O)NCCc1ccc(O)cc1)N1CC(=O)N(Cc2ccccc2CC)CC1=O.Cc1ccc(O)cc1. The first-order chi connectivity index (χ1) is 21.7. The molecule has 4 rings (SSSR count). The van der Waals surface area contributed by atoms with Crippen LogP contribution in [0.25, 0.3) is 0 Å². The fourth-order valence-corrected chi connectivity index (χ4v) is 5.04. The summed E-state index contributed by atoms with van der Waals surface area (Å²) in [5.41, 5.74) is 4.39. The van der Waals surface area contributed by atoms with Gasteiger partial charge < -0.3 is 25.3 Å². The molecule has 0 saturated carbocycles. The van der Waals surface area contributed by atoms with Crippen molar-refractivity contribution in [2.45, 2.75) is 85.7 Å². The van der Waals surface area contributed by atoms with E-state index in [9.17, 15) is 19.5 Å². The number of aromatic hydroxyl groups is 2. The summed E-state index contributed by atoms with van der Waals surface area (Å²) in [4.78, 5) is 42.3. The smallest absolute Gasteiger partial charge is 0.243 e. The lowest BCUT2D eigenvalue weighted by molar-refractivity contribution is -0.155. The topological polar surface area (TPSA) is 110 Å². The second-order valence-electron chi connectivity index (χ2n) is 10.9. The zero-order valence-electron chi connectivity index (χ0n) is 27.6. The molecule has 3 amide bonds. The Hall–Kier alpha value is -4.33. The number of rotatable bonds is 12. The van der Waals surface area contributed by atoms with Gasteiger partial charge in [-0.1, -0.05) is 101 Å². The van der Waals surface area contributed by atoms with E-state index in [0.29, 0.717) is 31.7 Å². The van der Waals surface area contributed by atoms with Gasteiger partial charge in [-0.15, -0.1) is 0 Å². The standard InChI is InChI=1S/C28H37N3O4.C7H8O.C2H6/c1-3-5-6-11-25(28(35)29-17-16-21-12-14-24(32)15-13-21)31-20-26(33)30(19-27(31)34)18-23-10-8-7-9-22(23)4-2;1-6-2-4-7(8)5-3-6;1-2/h7-10,12-15,25,32H,3-6,11,16-20H2,1-2H3,(H,29,35);2-5,8H,1H3;1-2H3. The number of piperazine rings is 1. The van der Waals surface area contributed by atoms with E-state index in [1.165, 1.54) is 16.0 Å². The molecule has 0 aromatic heterocycles. The second-order valence-corrected chi connectivity index (χ2v) is 10.9. The van der Waals surface area contributed by atoms with Crippen LogP contribution in [0.5, 0.6) is 11.5 Å². The van der Waals surface area contributed by atoms with Gasteiger partial charge in [-0.3, -0.25) is 14.4 Å². The Bertz CT molecular complexity index is 1300. The predicted octanol–water partition coefficient (Wildman–Crippen LogP) is 6.16. The fourth-order valence-electron chi connectivity index (χ4n) is 5.04. The lowest BCUT2D eigenvalue weighted by atomic mass is 10.0. The molecule has 3 N–H and O–H groups in total. The van der Waals surface area contributed by atoms with Gasteiger partial charge in [0.05, 0.1) is 0 Å². The van der Waals surface area contributed by atoms with E-state index in [-0.39, 0.29) is 36.6 Å². The molecule has 0 spiro atoms. The normalized spacial score (nSPS) is 13.3. The van der Waals surface area contributed by atoms with Gasteiger partial charge in [-0.25, -0.2) is 0 Å². The highest BCUT2D eigenvalue weighted by atomic mass is 16.3. The number of benzene rings is 3. The van der Waals surface area contributed by atoms with Crippen molar-refractivity contribution < 1.29 is 24.6 Å². The van der Waals surface area contributed by atoms with Crippen LogP contribution in [0.1, 0.15) is 75.6 Å². The number of hydrogen-bond acceptors (Lipinski definition) is 5. The third-order valence-electron chi connectivity index (χ3n) is 7.61. The Morgan fingerprint density at radius 3 is 2.00 bits per heavy atom.